The molecule has 0 bridgehead atoms. The maximum Gasteiger partial charge on any atom is 0.261 e. The standard InChI is InChI=1S/C10H12BrNOS/c11-9-4-3-8(14-9)10(13)12-6-5-7-1-2-7/h3-4,7H,1-2,5-6H2,(H,12,13). The minimum absolute atomic E-state index is 0.0568. The van der Waals surface area contributed by atoms with Gasteiger partial charge < -0.3 is 5.32 Å². The molecule has 2 rings (SSSR count). The quantitative estimate of drug-likeness (QED) is 0.898. The van der Waals surface area contributed by atoms with Gasteiger partial charge in [0.15, 0.2) is 0 Å². The summed E-state index contributed by atoms with van der Waals surface area (Å²) in [6.45, 7) is 0.818. The lowest BCUT2D eigenvalue weighted by Crippen LogP contribution is -2.23. The van der Waals surface area contributed by atoms with Crippen LogP contribution in [0.5, 0.6) is 0 Å². The van der Waals surface area contributed by atoms with E-state index in [4.69, 9.17) is 0 Å². The van der Waals surface area contributed by atoms with Crippen LogP contribution in [-0.2, 0) is 0 Å². The predicted octanol–water partition coefficient (Wildman–Crippen LogP) is 3.04. The van der Waals surface area contributed by atoms with E-state index in [1.807, 2.05) is 12.1 Å². The molecule has 1 amide bonds. The largest absolute Gasteiger partial charge is 0.351 e. The van der Waals surface area contributed by atoms with Crippen molar-refractivity contribution in [2.45, 2.75) is 19.3 Å². The van der Waals surface area contributed by atoms with Gasteiger partial charge in [0.1, 0.15) is 0 Å². The van der Waals surface area contributed by atoms with Crippen LogP contribution < -0.4 is 5.32 Å². The fraction of sp³-hybridized carbons (Fsp3) is 0.500. The third-order valence-corrected chi connectivity index (χ3v) is 3.95. The van der Waals surface area contributed by atoms with Crippen molar-refractivity contribution < 1.29 is 4.79 Å². The van der Waals surface area contributed by atoms with Crippen molar-refractivity contribution in [1.82, 2.24) is 5.32 Å². The Morgan fingerprint density at radius 2 is 2.36 bits per heavy atom. The van der Waals surface area contributed by atoms with Crippen molar-refractivity contribution in [3.8, 4) is 0 Å². The van der Waals surface area contributed by atoms with E-state index in [9.17, 15) is 4.79 Å². The summed E-state index contributed by atoms with van der Waals surface area (Å²) in [5, 5.41) is 2.93. The zero-order valence-corrected chi connectivity index (χ0v) is 10.2. The van der Waals surface area contributed by atoms with Crippen molar-refractivity contribution in [2.24, 2.45) is 5.92 Å². The predicted molar refractivity (Wildman–Crippen MR) is 61.7 cm³/mol. The van der Waals surface area contributed by atoms with Crippen molar-refractivity contribution in [1.29, 1.82) is 0 Å². The van der Waals surface area contributed by atoms with Crippen molar-refractivity contribution >= 4 is 33.2 Å². The highest BCUT2D eigenvalue weighted by Gasteiger charge is 2.20. The fourth-order valence-electron chi connectivity index (χ4n) is 1.32. The summed E-state index contributed by atoms with van der Waals surface area (Å²) in [4.78, 5) is 12.3. The summed E-state index contributed by atoms with van der Waals surface area (Å²) < 4.78 is 1.00. The second-order valence-corrected chi connectivity index (χ2v) is 6.05. The highest BCUT2D eigenvalue weighted by atomic mass is 79.9. The number of carbonyl (C=O) groups is 1. The molecule has 0 spiro atoms. The van der Waals surface area contributed by atoms with Crippen LogP contribution in [0.15, 0.2) is 15.9 Å². The molecule has 0 atom stereocenters. The lowest BCUT2D eigenvalue weighted by atomic mass is 10.3. The normalized spacial score (nSPS) is 15.5. The number of thiophene rings is 1. The Bertz CT molecular complexity index is 333. The molecule has 1 saturated carbocycles. The Kier molecular flexibility index (Phi) is 3.23. The molecule has 1 aromatic rings. The van der Waals surface area contributed by atoms with Gasteiger partial charge in [-0.2, -0.15) is 0 Å². The van der Waals surface area contributed by atoms with Gasteiger partial charge >= 0.3 is 0 Å². The third kappa shape index (κ3) is 2.82. The van der Waals surface area contributed by atoms with Gasteiger partial charge in [0.25, 0.3) is 5.91 Å². The van der Waals surface area contributed by atoms with Gasteiger partial charge in [-0.1, -0.05) is 12.8 Å². The van der Waals surface area contributed by atoms with Crippen LogP contribution in [0.3, 0.4) is 0 Å². The topological polar surface area (TPSA) is 29.1 Å². The number of rotatable bonds is 4. The van der Waals surface area contributed by atoms with E-state index in [1.54, 1.807) is 0 Å². The van der Waals surface area contributed by atoms with Gasteiger partial charge in [0.2, 0.25) is 0 Å². The van der Waals surface area contributed by atoms with Gasteiger partial charge in [0.05, 0.1) is 8.66 Å². The number of carbonyl (C=O) groups excluding carboxylic acids is 1. The Morgan fingerprint density at radius 3 is 2.93 bits per heavy atom. The summed E-state index contributed by atoms with van der Waals surface area (Å²) in [5.41, 5.74) is 0. The Labute approximate surface area is 95.8 Å². The zero-order valence-electron chi connectivity index (χ0n) is 7.75. The first-order valence-corrected chi connectivity index (χ1v) is 6.40. The van der Waals surface area contributed by atoms with Crippen LogP contribution >= 0.6 is 27.3 Å². The van der Waals surface area contributed by atoms with E-state index < -0.39 is 0 Å². The fourth-order valence-corrected chi connectivity index (χ4v) is 2.62. The van der Waals surface area contributed by atoms with Gasteiger partial charge in [-0.25, -0.2) is 0 Å². The molecule has 4 heteroatoms. The summed E-state index contributed by atoms with van der Waals surface area (Å²) in [6, 6.07) is 3.75. The number of hydrogen-bond acceptors (Lipinski definition) is 2. The van der Waals surface area contributed by atoms with E-state index >= 15 is 0 Å². The molecule has 2 nitrogen and oxygen atoms in total. The molecule has 1 aromatic heterocycles. The molecular formula is C10H12BrNOS. The lowest BCUT2D eigenvalue weighted by Gasteiger charge is -2.01. The minimum Gasteiger partial charge on any atom is -0.351 e. The zero-order chi connectivity index (χ0) is 9.97. The summed E-state index contributed by atoms with van der Waals surface area (Å²) >= 11 is 4.82. The number of halogens is 1. The van der Waals surface area contributed by atoms with Crippen LogP contribution in [0.4, 0.5) is 0 Å². The molecule has 0 unspecified atom stereocenters. The monoisotopic (exact) mass is 273 g/mol. The third-order valence-electron chi connectivity index (χ3n) is 2.33. The van der Waals surface area contributed by atoms with Crippen LogP contribution in [0.2, 0.25) is 0 Å². The van der Waals surface area contributed by atoms with E-state index in [0.29, 0.717) is 0 Å². The van der Waals surface area contributed by atoms with Gasteiger partial charge in [-0.15, -0.1) is 11.3 Å². The molecule has 0 radical (unpaired) electrons. The molecule has 0 aromatic carbocycles. The summed E-state index contributed by atoms with van der Waals surface area (Å²) in [6.07, 6.45) is 3.83. The minimum atomic E-state index is 0.0568. The lowest BCUT2D eigenvalue weighted by molar-refractivity contribution is 0.0957. The smallest absolute Gasteiger partial charge is 0.261 e. The number of amides is 1. The second kappa shape index (κ2) is 4.45. The van der Waals surface area contributed by atoms with E-state index in [2.05, 4.69) is 21.2 Å². The molecule has 0 aliphatic heterocycles. The molecule has 0 saturated heterocycles. The molecule has 1 aliphatic carbocycles. The average molecular weight is 274 g/mol. The van der Waals surface area contributed by atoms with Gasteiger partial charge in [-0.3, -0.25) is 4.79 Å². The highest BCUT2D eigenvalue weighted by Crippen LogP contribution is 2.31. The first kappa shape index (κ1) is 10.2. The maximum atomic E-state index is 11.5. The summed E-state index contributed by atoms with van der Waals surface area (Å²) in [7, 11) is 0. The molecule has 1 heterocycles. The second-order valence-electron chi connectivity index (χ2n) is 3.59. The van der Waals surface area contributed by atoms with Crippen LogP contribution in [-0.4, -0.2) is 12.5 Å². The first-order chi connectivity index (χ1) is 6.75. The van der Waals surface area contributed by atoms with Crippen molar-refractivity contribution in [2.75, 3.05) is 6.54 Å². The van der Waals surface area contributed by atoms with Crippen LogP contribution in [0, 0.1) is 5.92 Å². The molecule has 1 fully saturated rings. The molecule has 14 heavy (non-hydrogen) atoms. The SMILES string of the molecule is O=C(NCCC1CC1)c1ccc(Br)s1. The van der Waals surface area contributed by atoms with Crippen LogP contribution in [0.25, 0.3) is 0 Å². The Balaban J connectivity index is 1.76. The van der Waals surface area contributed by atoms with E-state index in [0.717, 1.165) is 27.5 Å². The van der Waals surface area contributed by atoms with E-state index in [-0.39, 0.29) is 5.91 Å². The Morgan fingerprint density at radius 1 is 1.57 bits per heavy atom. The maximum absolute atomic E-state index is 11.5. The van der Waals surface area contributed by atoms with Gasteiger partial charge in [0, 0.05) is 6.54 Å². The number of hydrogen-bond donors (Lipinski definition) is 1. The van der Waals surface area contributed by atoms with Gasteiger partial charge in [-0.05, 0) is 40.4 Å². The van der Waals surface area contributed by atoms with Crippen molar-refractivity contribution in [3.05, 3.63) is 20.8 Å². The number of nitrogens with one attached hydrogen (secondary N) is 1. The summed E-state index contributed by atoms with van der Waals surface area (Å²) in [5.74, 6) is 0.937. The Hall–Kier alpha value is -0.350. The molecular weight excluding hydrogens is 262 g/mol. The van der Waals surface area contributed by atoms with Crippen LogP contribution in [0.1, 0.15) is 28.9 Å². The average Bonchev–Trinajstić information content (AvgIpc) is 2.87. The van der Waals surface area contributed by atoms with Crippen molar-refractivity contribution in [3.63, 3.8) is 0 Å². The highest BCUT2D eigenvalue weighted by molar-refractivity contribution is 9.11. The first-order valence-electron chi connectivity index (χ1n) is 4.79. The molecule has 1 N–H and O–H groups in total. The molecule has 76 valence electrons. The molecule has 1 aliphatic rings. The van der Waals surface area contributed by atoms with E-state index in [1.165, 1.54) is 24.2 Å².